The maximum absolute atomic E-state index is 4.65. The first kappa shape index (κ1) is 13.8. The molecule has 106 valence electrons. The van der Waals surface area contributed by atoms with Crippen molar-refractivity contribution in [2.75, 3.05) is 41.8 Å². The van der Waals surface area contributed by atoms with Crippen molar-refractivity contribution in [2.45, 2.75) is 39.7 Å². The van der Waals surface area contributed by atoms with Gasteiger partial charge in [-0.15, -0.1) is 0 Å². The van der Waals surface area contributed by atoms with Crippen LogP contribution in [0.4, 0.5) is 17.8 Å². The summed E-state index contributed by atoms with van der Waals surface area (Å²) in [6, 6.07) is 0.378. The van der Waals surface area contributed by atoms with Crippen molar-refractivity contribution in [3.8, 4) is 0 Å². The highest BCUT2D eigenvalue weighted by Crippen LogP contribution is 2.21. The summed E-state index contributed by atoms with van der Waals surface area (Å²) in [6.07, 6.45) is 2.44. The van der Waals surface area contributed by atoms with Crippen molar-refractivity contribution in [3.63, 3.8) is 0 Å². The summed E-state index contributed by atoms with van der Waals surface area (Å²) in [4.78, 5) is 18.0. The summed E-state index contributed by atoms with van der Waals surface area (Å²) in [5.41, 5.74) is 0. The molecule has 6 heteroatoms. The van der Waals surface area contributed by atoms with Crippen LogP contribution in [0.25, 0.3) is 0 Å². The summed E-state index contributed by atoms with van der Waals surface area (Å²) >= 11 is 0. The highest BCUT2D eigenvalue weighted by molar-refractivity contribution is 5.45. The van der Waals surface area contributed by atoms with Gasteiger partial charge in [0, 0.05) is 32.7 Å². The Morgan fingerprint density at radius 1 is 1.21 bits per heavy atom. The average Bonchev–Trinajstić information content (AvgIpc) is 2.92. The molecule has 0 spiro atoms. The van der Waals surface area contributed by atoms with E-state index in [2.05, 4.69) is 50.8 Å². The van der Waals surface area contributed by atoms with Crippen molar-refractivity contribution in [2.24, 2.45) is 0 Å². The van der Waals surface area contributed by atoms with E-state index in [1.807, 2.05) is 7.05 Å². The molecule has 1 fully saturated rings. The highest BCUT2D eigenvalue weighted by Gasteiger charge is 2.19. The molecule has 1 saturated heterocycles. The summed E-state index contributed by atoms with van der Waals surface area (Å²) < 4.78 is 0. The Labute approximate surface area is 115 Å². The minimum atomic E-state index is 0.378. The molecule has 2 heterocycles. The number of anilines is 3. The molecular weight excluding hydrogens is 240 g/mol. The molecule has 1 N–H and O–H groups in total. The first-order valence-corrected chi connectivity index (χ1v) is 7.11. The van der Waals surface area contributed by atoms with Crippen LogP contribution in [-0.4, -0.2) is 47.7 Å². The van der Waals surface area contributed by atoms with Crippen LogP contribution in [0, 0.1) is 0 Å². The summed E-state index contributed by atoms with van der Waals surface area (Å²) in [6.45, 7) is 9.41. The lowest BCUT2D eigenvalue weighted by Gasteiger charge is -2.26. The molecule has 19 heavy (non-hydrogen) atoms. The Balaban J connectivity index is 2.34. The van der Waals surface area contributed by atoms with E-state index in [4.69, 9.17) is 0 Å². The molecule has 1 aromatic rings. The van der Waals surface area contributed by atoms with Crippen LogP contribution in [0.1, 0.15) is 33.6 Å². The Bertz CT molecular complexity index is 414. The smallest absolute Gasteiger partial charge is 0.232 e. The van der Waals surface area contributed by atoms with Crippen LogP contribution in [0.3, 0.4) is 0 Å². The van der Waals surface area contributed by atoms with E-state index >= 15 is 0 Å². The first-order valence-electron chi connectivity index (χ1n) is 7.11. The monoisotopic (exact) mass is 264 g/mol. The van der Waals surface area contributed by atoms with Gasteiger partial charge in [0.1, 0.15) is 0 Å². The fraction of sp³-hybridized carbons (Fsp3) is 0.769. The van der Waals surface area contributed by atoms with Gasteiger partial charge in [0.2, 0.25) is 17.8 Å². The van der Waals surface area contributed by atoms with Gasteiger partial charge in [-0.3, -0.25) is 0 Å². The Morgan fingerprint density at radius 2 is 1.89 bits per heavy atom. The molecule has 0 saturated carbocycles. The Hall–Kier alpha value is -1.59. The van der Waals surface area contributed by atoms with Gasteiger partial charge in [0.25, 0.3) is 0 Å². The molecule has 0 aliphatic carbocycles. The van der Waals surface area contributed by atoms with E-state index in [1.165, 1.54) is 12.8 Å². The van der Waals surface area contributed by atoms with E-state index in [1.54, 1.807) is 0 Å². The molecule has 0 atom stereocenters. The number of rotatable bonds is 5. The predicted octanol–water partition coefficient (Wildman–Crippen LogP) is 1.75. The first-order chi connectivity index (χ1) is 9.15. The molecule has 1 aromatic heterocycles. The van der Waals surface area contributed by atoms with Crippen molar-refractivity contribution in [1.29, 1.82) is 0 Å². The zero-order valence-electron chi connectivity index (χ0n) is 12.3. The zero-order valence-corrected chi connectivity index (χ0v) is 12.3. The third-order valence-corrected chi connectivity index (χ3v) is 3.45. The summed E-state index contributed by atoms with van der Waals surface area (Å²) in [5, 5.41) is 3.03. The van der Waals surface area contributed by atoms with Crippen molar-refractivity contribution < 1.29 is 0 Å². The van der Waals surface area contributed by atoms with E-state index in [-0.39, 0.29) is 0 Å². The van der Waals surface area contributed by atoms with E-state index in [9.17, 15) is 0 Å². The standard InChI is InChI=1S/C13H24N6/c1-5-19(10(2)3)13-16-11(14-4)15-12(17-13)18-8-6-7-9-18/h10H,5-9H2,1-4H3,(H,14,15,16,17). The average molecular weight is 264 g/mol. The van der Waals surface area contributed by atoms with Crippen LogP contribution < -0.4 is 15.1 Å². The van der Waals surface area contributed by atoms with Crippen LogP contribution in [0.5, 0.6) is 0 Å². The normalized spacial score (nSPS) is 15.1. The third-order valence-electron chi connectivity index (χ3n) is 3.45. The van der Waals surface area contributed by atoms with Crippen molar-refractivity contribution in [1.82, 2.24) is 15.0 Å². The van der Waals surface area contributed by atoms with E-state index < -0.39 is 0 Å². The van der Waals surface area contributed by atoms with Crippen LogP contribution in [-0.2, 0) is 0 Å². The molecule has 0 radical (unpaired) electrons. The number of hydrogen-bond acceptors (Lipinski definition) is 6. The van der Waals surface area contributed by atoms with Gasteiger partial charge >= 0.3 is 0 Å². The maximum Gasteiger partial charge on any atom is 0.232 e. The molecule has 1 aliphatic heterocycles. The van der Waals surface area contributed by atoms with E-state index in [0.717, 1.165) is 31.5 Å². The largest absolute Gasteiger partial charge is 0.357 e. The number of hydrogen-bond donors (Lipinski definition) is 1. The lowest BCUT2D eigenvalue weighted by Crippen LogP contribution is -2.33. The van der Waals surface area contributed by atoms with Gasteiger partial charge in [-0.1, -0.05) is 0 Å². The second-order valence-electron chi connectivity index (χ2n) is 5.08. The molecule has 0 unspecified atom stereocenters. The SMILES string of the molecule is CCN(c1nc(NC)nc(N2CCCC2)n1)C(C)C. The van der Waals surface area contributed by atoms with Gasteiger partial charge < -0.3 is 15.1 Å². The zero-order chi connectivity index (χ0) is 13.8. The summed E-state index contributed by atoms with van der Waals surface area (Å²) in [7, 11) is 1.85. The van der Waals surface area contributed by atoms with Gasteiger partial charge in [-0.2, -0.15) is 15.0 Å². The second-order valence-corrected chi connectivity index (χ2v) is 5.08. The van der Waals surface area contributed by atoms with Crippen LogP contribution in [0.15, 0.2) is 0 Å². The van der Waals surface area contributed by atoms with Crippen molar-refractivity contribution in [3.05, 3.63) is 0 Å². The minimum absolute atomic E-state index is 0.378. The molecule has 0 amide bonds. The third kappa shape index (κ3) is 3.05. The molecule has 6 nitrogen and oxygen atoms in total. The number of nitrogens with one attached hydrogen (secondary N) is 1. The van der Waals surface area contributed by atoms with Crippen molar-refractivity contribution >= 4 is 17.8 Å². The molecule has 0 bridgehead atoms. The molecular formula is C13H24N6. The van der Waals surface area contributed by atoms with Crippen LogP contribution in [0.2, 0.25) is 0 Å². The van der Waals surface area contributed by atoms with Gasteiger partial charge in [0.15, 0.2) is 0 Å². The lowest BCUT2D eigenvalue weighted by molar-refractivity contribution is 0.677. The molecule has 2 rings (SSSR count). The number of nitrogens with zero attached hydrogens (tertiary/aromatic N) is 5. The topological polar surface area (TPSA) is 57.2 Å². The number of aromatic nitrogens is 3. The van der Waals surface area contributed by atoms with E-state index in [0.29, 0.717) is 12.0 Å². The molecule has 0 aromatic carbocycles. The van der Waals surface area contributed by atoms with Crippen LogP contribution >= 0.6 is 0 Å². The predicted molar refractivity (Wildman–Crippen MR) is 79.0 cm³/mol. The second kappa shape index (κ2) is 6.04. The van der Waals surface area contributed by atoms with Gasteiger partial charge in [-0.25, -0.2) is 0 Å². The minimum Gasteiger partial charge on any atom is -0.357 e. The van der Waals surface area contributed by atoms with Gasteiger partial charge in [-0.05, 0) is 33.6 Å². The quantitative estimate of drug-likeness (QED) is 0.874. The maximum atomic E-state index is 4.65. The molecule has 1 aliphatic rings. The Kier molecular flexibility index (Phi) is 4.39. The fourth-order valence-electron chi connectivity index (χ4n) is 2.39. The van der Waals surface area contributed by atoms with Gasteiger partial charge in [0.05, 0.1) is 0 Å². The Morgan fingerprint density at radius 3 is 2.42 bits per heavy atom. The summed E-state index contributed by atoms with van der Waals surface area (Å²) in [5.74, 6) is 2.20. The fourth-order valence-corrected chi connectivity index (χ4v) is 2.39. The highest BCUT2D eigenvalue weighted by atomic mass is 15.4. The lowest BCUT2D eigenvalue weighted by atomic mass is 10.3.